The Morgan fingerprint density at radius 3 is 2.71 bits per heavy atom. The molecule has 0 saturated carbocycles. The zero-order chi connectivity index (χ0) is 12.8. The van der Waals surface area contributed by atoms with Crippen LogP contribution in [0.15, 0.2) is 18.2 Å². The monoisotopic (exact) mass is 272 g/mol. The topological polar surface area (TPSA) is 37.3 Å². The first-order chi connectivity index (χ1) is 8.06. The van der Waals surface area contributed by atoms with Gasteiger partial charge in [0.15, 0.2) is 0 Å². The molecule has 0 fully saturated rings. The average molecular weight is 273 g/mol. The maximum absolute atomic E-state index is 10.4. The molecular formula is C13H14Cl2O2. The van der Waals surface area contributed by atoms with Gasteiger partial charge in [0, 0.05) is 0 Å². The molecule has 0 bridgehead atoms. The Morgan fingerprint density at radius 2 is 2.12 bits per heavy atom. The molecule has 0 unspecified atom stereocenters. The van der Waals surface area contributed by atoms with Crippen LogP contribution in [-0.4, -0.2) is 11.1 Å². The Hall–Kier alpha value is -0.990. The van der Waals surface area contributed by atoms with Crippen molar-refractivity contribution in [1.82, 2.24) is 0 Å². The fourth-order valence-corrected chi connectivity index (χ4v) is 2.00. The van der Waals surface area contributed by atoms with E-state index in [2.05, 4.69) is 6.92 Å². The van der Waals surface area contributed by atoms with E-state index in [0.29, 0.717) is 10.0 Å². The van der Waals surface area contributed by atoms with Crippen molar-refractivity contribution >= 4 is 35.2 Å². The van der Waals surface area contributed by atoms with Crippen molar-refractivity contribution in [3.63, 3.8) is 0 Å². The maximum Gasteiger partial charge on any atom is 0.307 e. The standard InChI is InChI=1S/C13H14Cl2O2/c1-2-4-10-9(5-3-6-12(16)17)7-8-11(14)13(10)15/h3,5,7-8H,2,4,6H2,1H3,(H,16,17)/b5-3+. The van der Waals surface area contributed by atoms with E-state index in [1.54, 1.807) is 18.2 Å². The molecule has 0 radical (unpaired) electrons. The van der Waals surface area contributed by atoms with Crippen molar-refractivity contribution in [1.29, 1.82) is 0 Å². The predicted octanol–water partition coefficient (Wildman–Crippen LogP) is 4.43. The van der Waals surface area contributed by atoms with Gasteiger partial charge < -0.3 is 5.11 Å². The Kier molecular flexibility index (Phi) is 5.52. The molecule has 1 aromatic carbocycles. The quantitative estimate of drug-likeness (QED) is 0.861. The van der Waals surface area contributed by atoms with E-state index in [9.17, 15) is 4.79 Å². The molecule has 0 heterocycles. The van der Waals surface area contributed by atoms with Gasteiger partial charge in [-0.15, -0.1) is 0 Å². The van der Waals surface area contributed by atoms with Gasteiger partial charge in [-0.2, -0.15) is 0 Å². The first-order valence-electron chi connectivity index (χ1n) is 5.41. The summed E-state index contributed by atoms with van der Waals surface area (Å²) >= 11 is 12.1. The normalized spacial score (nSPS) is 11.0. The summed E-state index contributed by atoms with van der Waals surface area (Å²) in [5.41, 5.74) is 1.91. The number of rotatable bonds is 5. The van der Waals surface area contributed by atoms with Gasteiger partial charge in [-0.3, -0.25) is 4.79 Å². The van der Waals surface area contributed by atoms with Crippen molar-refractivity contribution < 1.29 is 9.90 Å². The van der Waals surface area contributed by atoms with Crippen LogP contribution in [0.4, 0.5) is 0 Å². The molecule has 0 amide bonds. The highest BCUT2D eigenvalue weighted by molar-refractivity contribution is 6.42. The lowest BCUT2D eigenvalue weighted by molar-refractivity contribution is -0.135. The van der Waals surface area contributed by atoms with Gasteiger partial charge in [-0.05, 0) is 23.6 Å². The Labute approximate surface area is 111 Å². The van der Waals surface area contributed by atoms with E-state index in [-0.39, 0.29) is 6.42 Å². The van der Waals surface area contributed by atoms with E-state index < -0.39 is 5.97 Å². The Morgan fingerprint density at radius 1 is 1.41 bits per heavy atom. The first kappa shape index (κ1) is 14.1. The van der Waals surface area contributed by atoms with Gasteiger partial charge in [-0.25, -0.2) is 0 Å². The zero-order valence-electron chi connectivity index (χ0n) is 9.54. The maximum atomic E-state index is 10.4. The highest BCUT2D eigenvalue weighted by Crippen LogP contribution is 2.30. The van der Waals surface area contributed by atoms with E-state index in [1.807, 2.05) is 6.07 Å². The number of carbonyl (C=O) groups is 1. The number of carboxylic acid groups (broad SMARTS) is 1. The molecule has 0 aliphatic heterocycles. The molecule has 0 aromatic heterocycles. The molecule has 1 N–H and O–H groups in total. The van der Waals surface area contributed by atoms with E-state index in [0.717, 1.165) is 24.0 Å². The number of carboxylic acids is 1. The Bertz CT molecular complexity index is 439. The largest absolute Gasteiger partial charge is 0.481 e. The summed E-state index contributed by atoms with van der Waals surface area (Å²) in [7, 11) is 0. The first-order valence-corrected chi connectivity index (χ1v) is 6.17. The molecule has 2 nitrogen and oxygen atoms in total. The van der Waals surface area contributed by atoms with E-state index in [1.165, 1.54) is 0 Å². The molecular weight excluding hydrogens is 259 g/mol. The summed E-state index contributed by atoms with van der Waals surface area (Å²) in [6.07, 6.45) is 5.18. The van der Waals surface area contributed by atoms with Gasteiger partial charge in [0.1, 0.15) is 0 Å². The van der Waals surface area contributed by atoms with Crippen molar-refractivity contribution in [2.24, 2.45) is 0 Å². The summed E-state index contributed by atoms with van der Waals surface area (Å²) < 4.78 is 0. The van der Waals surface area contributed by atoms with E-state index in [4.69, 9.17) is 28.3 Å². The third-order valence-corrected chi connectivity index (χ3v) is 3.17. The molecule has 17 heavy (non-hydrogen) atoms. The van der Waals surface area contributed by atoms with Crippen molar-refractivity contribution in [2.75, 3.05) is 0 Å². The van der Waals surface area contributed by atoms with Crippen LogP contribution in [0.25, 0.3) is 6.08 Å². The van der Waals surface area contributed by atoms with Crippen LogP contribution in [0, 0.1) is 0 Å². The second kappa shape index (κ2) is 6.67. The number of halogens is 2. The lowest BCUT2D eigenvalue weighted by Crippen LogP contribution is -1.93. The third kappa shape index (κ3) is 4.06. The van der Waals surface area contributed by atoms with Crippen LogP contribution in [0.5, 0.6) is 0 Å². The number of aliphatic carboxylic acids is 1. The van der Waals surface area contributed by atoms with Crippen molar-refractivity contribution in [2.45, 2.75) is 26.2 Å². The molecule has 0 saturated heterocycles. The van der Waals surface area contributed by atoms with E-state index >= 15 is 0 Å². The summed E-state index contributed by atoms with van der Waals surface area (Å²) in [5, 5.41) is 9.66. The van der Waals surface area contributed by atoms with Gasteiger partial charge in [-0.1, -0.05) is 54.8 Å². The minimum absolute atomic E-state index is 0.00576. The number of benzene rings is 1. The second-order valence-electron chi connectivity index (χ2n) is 3.68. The lowest BCUT2D eigenvalue weighted by atomic mass is 10.0. The lowest BCUT2D eigenvalue weighted by Gasteiger charge is -2.08. The minimum Gasteiger partial charge on any atom is -0.481 e. The summed E-state index contributed by atoms with van der Waals surface area (Å²) in [6, 6.07) is 3.58. The van der Waals surface area contributed by atoms with Gasteiger partial charge in [0.2, 0.25) is 0 Å². The molecule has 1 rings (SSSR count). The molecule has 0 atom stereocenters. The molecule has 0 aliphatic carbocycles. The fraction of sp³-hybridized carbons (Fsp3) is 0.308. The molecule has 92 valence electrons. The Balaban J connectivity index is 3.02. The number of hydrogen-bond donors (Lipinski definition) is 1. The zero-order valence-corrected chi connectivity index (χ0v) is 11.1. The van der Waals surface area contributed by atoms with Crippen LogP contribution in [0.3, 0.4) is 0 Å². The second-order valence-corrected chi connectivity index (χ2v) is 4.46. The molecule has 0 spiro atoms. The highest BCUT2D eigenvalue weighted by atomic mass is 35.5. The molecule has 1 aromatic rings. The molecule has 4 heteroatoms. The third-order valence-electron chi connectivity index (χ3n) is 2.32. The predicted molar refractivity (Wildman–Crippen MR) is 71.7 cm³/mol. The SMILES string of the molecule is CCCc1c(/C=C/CC(=O)O)ccc(Cl)c1Cl. The summed E-state index contributed by atoms with van der Waals surface area (Å²) in [5.74, 6) is -0.849. The van der Waals surface area contributed by atoms with Gasteiger partial charge in [0.05, 0.1) is 16.5 Å². The van der Waals surface area contributed by atoms with Gasteiger partial charge in [0.25, 0.3) is 0 Å². The molecule has 0 aliphatic rings. The smallest absolute Gasteiger partial charge is 0.307 e. The van der Waals surface area contributed by atoms with Gasteiger partial charge >= 0.3 is 5.97 Å². The summed E-state index contributed by atoms with van der Waals surface area (Å²) in [4.78, 5) is 10.4. The average Bonchev–Trinajstić information content (AvgIpc) is 2.27. The fourth-order valence-electron chi connectivity index (χ4n) is 1.55. The van der Waals surface area contributed by atoms with Crippen LogP contribution >= 0.6 is 23.2 Å². The van der Waals surface area contributed by atoms with Crippen molar-refractivity contribution in [3.05, 3.63) is 39.4 Å². The van der Waals surface area contributed by atoms with Crippen LogP contribution in [0.2, 0.25) is 10.0 Å². The number of hydrogen-bond acceptors (Lipinski definition) is 1. The minimum atomic E-state index is -0.849. The van der Waals surface area contributed by atoms with Crippen LogP contribution in [0.1, 0.15) is 30.9 Å². The highest BCUT2D eigenvalue weighted by Gasteiger charge is 2.08. The van der Waals surface area contributed by atoms with Crippen molar-refractivity contribution in [3.8, 4) is 0 Å². The van der Waals surface area contributed by atoms with Crippen LogP contribution < -0.4 is 0 Å². The summed E-state index contributed by atoms with van der Waals surface area (Å²) in [6.45, 7) is 2.06. The van der Waals surface area contributed by atoms with Crippen LogP contribution in [-0.2, 0) is 11.2 Å².